The number of rotatable bonds is 6. The summed E-state index contributed by atoms with van der Waals surface area (Å²) < 4.78 is 11.4. The Hall–Kier alpha value is -2.33. The molecule has 26 heavy (non-hydrogen) atoms. The van der Waals surface area contributed by atoms with Gasteiger partial charge in [0.2, 0.25) is 0 Å². The summed E-state index contributed by atoms with van der Waals surface area (Å²) in [4.78, 5) is 12.6. The number of aryl methyl sites for hydroxylation is 1. The van der Waals surface area contributed by atoms with Crippen LogP contribution < -0.4 is 10.1 Å². The second-order valence-electron chi connectivity index (χ2n) is 7.05. The first-order chi connectivity index (χ1) is 12.6. The summed E-state index contributed by atoms with van der Waals surface area (Å²) in [6.45, 7) is 5.84. The van der Waals surface area contributed by atoms with E-state index in [1.54, 1.807) is 6.92 Å². The summed E-state index contributed by atoms with van der Waals surface area (Å²) in [6, 6.07) is 18.2. The van der Waals surface area contributed by atoms with Crippen LogP contribution in [0.3, 0.4) is 0 Å². The molecule has 1 N–H and O–H groups in total. The van der Waals surface area contributed by atoms with E-state index < -0.39 is 6.10 Å². The van der Waals surface area contributed by atoms with E-state index in [-0.39, 0.29) is 11.3 Å². The molecule has 1 aliphatic rings. The third-order valence-corrected chi connectivity index (χ3v) is 5.11. The standard InChI is InChI=1S/C22H27NO3/c1-17-7-6-10-20(15-17)26-18(2)21(24)23-16-22(11-13-25-14-12-22)19-8-4-3-5-9-19/h3-10,15,18H,11-14,16H2,1-2H3,(H,23,24)/t18-/m0/s1. The largest absolute Gasteiger partial charge is 0.481 e. The van der Waals surface area contributed by atoms with Crippen LogP contribution in [0.5, 0.6) is 5.75 Å². The number of hydrogen-bond donors (Lipinski definition) is 1. The average Bonchev–Trinajstić information content (AvgIpc) is 2.67. The zero-order chi connectivity index (χ0) is 18.4. The van der Waals surface area contributed by atoms with Crippen LogP contribution in [0.15, 0.2) is 54.6 Å². The molecule has 0 radical (unpaired) electrons. The third-order valence-electron chi connectivity index (χ3n) is 5.11. The van der Waals surface area contributed by atoms with Crippen molar-refractivity contribution in [3.05, 3.63) is 65.7 Å². The lowest BCUT2D eigenvalue weighted by Crippen LogP contribution is -2.47. The quantitative estimate of drug-likeness (QED) is 0.863. The molecular weight excluding hydrogens is 326 g/mol. The first-order valence-corrected chi connectivity index (χ1v) is 9.23. The fourth-order valence-electron chi connectivity index (χ4n) is 3.47. The monoisotopic (exact) mass is 353 g/mol. The highest BCUT2D eigenvalue weighted by Crippen LogP contribution is 2.34. The smallest absolute Gasteiger partial charge is 0.260 e. The molecule has 1 saturated heterocycles. The van der Waals surface area contributed by atoms with Crippen molar-refractivity contribution in [1.29, 1.82) is 0 Å². The van der Waals surface area contributed by atoms with Gasteiger partial charge in [-0.1, -0.05) is 42.5 Å². The SMILES string of the molecule is Cc1cccc(O[C@@H](C)C(=O)NCC2(c3ccccc3)CCOCC2)c1. The third kappa shape index (κ3) is 4.44. The van der Waals surface area contributed by atoms with Crippen molar-refractivity contribution in [3.63, 3.8) is 0 Å². The zero-order valence-corrected chi connectivity index (χ0v) is 15.5. The van der Waals surface area contributed by atoms with Crippen molar-refractivity contribution in [2.45, 2.75) is 38.2 Å². The molecule has 3 rings (SSSR count). The molecule has 4 heteroatoms. The molecule has 1 amide bonds. The van der Waals surface area contributed by atoms with Gasteiger partial charge in [0, 0.05) is 25.2 Å². The fourth-order valence-corrected chi connectivity index (χ4v) is 3.47. The van der Waals surface area contributed by atoms with E-state index in [0.29, 0.717) is 6.54 Å². The molecule has 0 aliphatic carbocycles. The van der Waals surface area contributed by atoms with E-state index in [1.165, 1.54) is 5.56 Å². The summed E-state index contributed by atoms with van der Waals surface area (Å²) in [5.41, 5.74) is 2.30. The zero-order valence-electron chi connectivity index (χ0n) is 15.5. The van der Waals surface area contributed by atoms with Crippen LogP contribution in [0, 0.1) is 6.92 Å². The molecule has 4 nitrogen and oxygen atoms in total. The van der Waals surface area contributed by atoms with Gasteiger partial charge in [0.05, 0.1) is 0 Å². The maximum Gasteiger partial charge on any atom is 0.260 e. The lowest BCUT2D eigenvalue weighted by Gasteiger charge is -2.38. The molecule has 2 aromatic carbocycles. The number of nitrogens with one attached hydrogen (secondary N) is 1. The summed E-state index contributed by atoms with van der Waals surface area (Å²) in [5.74, 6) is 0.629. The lowest BCUT2D eigenvalue weighted by molar-refractivity contribution is -0.127. The highest BCUT2D eigenvalue weighted by molar-refractivity contribution is 5.80. The Labute approximate surface area is 155 Å². The van der Waals surface area contributed by atoms with E-state index in [0.717, 1.165) is 37.4 Å². The molecule has 1 fully saturated rings. The van der Waals surface area contributed by atoms with Crippen LogP contribution in [0.1, 0.15) is 30.9 Å². The van der Waals surface area contributed by atoms with Crippen molar-refractivity contribution in [1.82, 2.24) is 5.32 Å². The summed E-state index contributed by atoms with van der Waals surface area (Å²) in [7, 11) is 0. The molecule has 1 aliphatic heterocycles. The van der Waals surface area contributed by atoms with Gasteiger partial charge in [0.15, 0.2) is 6.10 Å². The molecule has 2 aromatic rings. The van der Waals surface area contributed by atoms with Crippen LogP contribution >= 0.6 is 0 Å². The lowest BCUT2D eigenvalue weighted by atomic mass is 9.74. The van der Waals surface area contributed by atoms with Gasteiger partial charge in [-0.15, -0.1) is 0 Å². The average molecular weight is 353 g/mol. The molecule has 138 valence electrons. The van der Waals surface area contributed by atoms with Crippen molar-refractivity contribution in [2.24, 2.45) is 0 Å². The number of ether oxygens (including phenoxy) is 2. The van der Waals surface area contributed by atoms with Crippen molar-refractivity contribution in [2.75, 3.05) is 19.8 Å². The number of benzene rings is 2. The fraction of sp³-hybridized carbons (Fsp3) is 0.409. The number of hydrogen-bond acceptors (Lipinski definition) is 3. The Kier molecular flexibility index (Phi) is 5.94. The minimum Gasteiger partial charge on any atom is -0.481 e. The molecule has 0 aromatic heterocycles. The Bertz CT molecular complexity index is 723. The highest BCUT2D eigenvalue weighted by Gasteiger charge is 2.35. The van der Waals surface area contributed by atoms with Gasteiger partial charge in [-0.25, -0.2) is 0 Å². The molecule has 1 atom stereocenters. The predicted octanol–water partition coefficient (Wildman–Crippen LogP) is 3.63. The van der Waals surface area contributed by atoms with E-state index in [1.807, 2.05) is 37.3 Å². The topological polar surface area (TPSA) is 47.6 Å². The molecule has 0 unspecified atom stereocenters. The van der Waals surface area contributed by atoms with Crippen molar-refractivity contribution in [3.8, 4) is 5.75 Å². The molecule has 0 spiro atoms. The van der Waals surface area contributed by atoms with Gasteiger partial charge < -0.3 is 14.8 Å². The van der Waals surface area contributed by atoms with Crippen molar-refractivity contribution >= 4 is 5.91 Å². The van der Waals surface area contributed by atoms with Gasteiger partial charge in [-0.3, -0.25) is 4.79 Å². The summed E-state index contributed by atoms with van der Waals surface area (Å²) in [5, 5.41) is 3.11. The molecule has 1 heterocycles. The Morgan fingerprint density at radius 1 is 1.15 bits per heavy atom. The van der Waals surface area contributed by atoms with Crippen LogP contribution in [0.2, 0.25) is 0 Å². The normalized spacial score (nSPS) is 17.3. The number of carbonyl (C=O) groups excluding carboxylic acids is 1. The second-order valence-corrected chi connectivity index (χ2v) is 7.05. The molecular formula is C22H27NO3. The highest BCUT2D eigenvalue weighted by atomic mass is 16.5. The summed E-state index contributed by atoms with van der Waals surface area (Å²) in [6.07, 6.45) is 1.28. The maximum absolute atomic E-state index is 12.6. The van der Waals surface area contributed by atoms with Crippen LogP contribution in [-0.2, 0) is 14.9 Å². The number of amides is 1. The second kappa shape index (κ2) is 8.37. The first kappa shape index (κ1) is 18.5. The van der Waals surface area contributed by atoms with E-state index in [9.17, 15) is 4.79 Å². The van der Waals surface area contributed by atoms with Crippen molar-refractivity contribution < 1.29 is 14.3 Å². The van der Waals surface area contributed by atoms with E-state index >= 15 is 0 Å². The molecule has 0 bridgehead atoms. The van der Waals surface area contributed by atoms with Crippen LogP contribution in [-0.4, -0.2) is 31.8 Å². The summed E-state index contributed by atoms with van der Waals surface area (Å²) >= 11 is 0. The van der Waals surface area contributed by atoms with Crippen LogP contribution in [0.25, 0.3) is 0 Å². The van der Waals surface area contributed by atoms with Gasteiger partial charge in [0.1, 0.15) is 5.75 Å². The minimum atomic E-state index is -0.538. The Morgan fingerprint density at radius 2 is 1.88 bits per heavy atom. The van der Waals surface area contributed by atoms with Crippen LogP contribution in [0.4, 0.5) is 0 Å². The predicted molar refractivity (Wildman–Crippen MR) is 102 cm³/mol. The Balaban J connectivity index is 1.64. The van der Waals surface area contributed by atoms with Gasteiger partial charge in [-0.05, 0) is 49.9 Å². The van der Waals surface area contributed by atoms with Gasteiger partial charge in [-0.2, -0.15) is 0 Å². The van der Waals surface area contributed by atoms with E-state index in [4.69, 9.17) is 9.47 Å². The van der Waals surface area contributed by atoms with Gasteiger partial charge in [0.25, 0.3) is 5.91 Å². The molecule has 0 saturated carbocycles. The minimum absolute atomic E-state index is 0.0712. The first-order valence-electron chi connectivity index (χ1n) is 9.23. The maximum atomic E-state index is 12.6. The van der Waals surface area contributed by atoms with Gasteiger partial charge >= 0.3 is 0 Å². The number of carbonyl (C=O) groups is 1. The Morgan fingerprint density at radius 3 is 2.58 bits per heavy atom. The van der Waals surface area contributed by atoms with E-state index in [2.05, 4.69) is 29.6 Å².